The van der Waals surface area contributed by atoms with E-state index >= 15 is 0 Å². The molecule has 1 amide bonds. The lowest BCUT2D eigenvalue weighted by atomic mass is 10.2. The van der Waals surface area contributed by atoms with Gasteiger partial charge in [0.1, 0.15) is 11.5 Å². The number of nitrogens with one attached hydrogen (secondary N) is 1. The molecule has 2 saturated heterocycles. The maximum atomic E-state index is 12.9. The van der Waals surface area contributed by atoms with Crippen LogP contribution in [-0.2, 0) is 4.79 Å². The van der Waals surface area contributed by atoms with Crippen molar-refractivity contribution in [2.24, 2.45) is 11.8 Å². The summed E-state index contributed by atoms with van der Waals surface area (Å²) in [6, 6.07) is 4.82. The second-order valence-electron chi connectivity index (χ2n) is 8.52. The highest BCUT2D eigenvalue weighted by Crippen LogP contribution is 2.52. The average Bonchev–Trinajstić information content (AvgIpc) is 3.45. The quantitative estimate of drug-likeness (QED) is 0.872. The van der Waals surface area contributed by atoms with Gasteiger partial charge in [-0.2, -0.15) is 0 Å². The third kappa shape index (κ3) is 3.41. The van der Waals surface area contributed by atoms with E-state index in [0.29, 0.717) is 23.8 Å². The van der Waals surface area contributed by atoms with Gasteiger partial charge in [-0.05, 0) is 37.3 Å². The molecule has 144 valence electrons. The Balaban J connectivity index is 0.00000168. The Labute approximate surface area is 161 Å². The van der Waals surface area contributed by atoms with Gasteiger partial charge in [0.25, 0.3) is 0 Å². The molecular weight excluding hydrogens is 350 g/mol. The van der Waals surface area contributed by atoms with Crippen molar-refractivity contribution in [2.75, 3.05) is 39.3 Å². The molecule has 0 spiro atoms. The first-order valence-corrected chi connectivity index (χ1v) is 10.0. The van der Waals surface area contributed by atoms with Crippen LogP contribution >= 0.6 is 12.4 Å². The highest BCUT2D eigenvalue weighted by molar-refractivity contribution is 5.85. The summed E-state index contributed by atoms with van der Waals surface area (Å²) in [6.45, 7) is 8.52. The number of halogens is 1. The van der Waals surface area contributed by atoms with E-state index in [1.807, 2.05) is 0 Å². The largest absolute Gasteiger partial charge is 0.465 e. The van der Waals surface area contributed by atoms with Gasteiger partial charge in [0, 0.05) is 63.1 Å². The predicted octanol–water partition coefficient (Wildman–Crippen LogP) is 2.43. The molecule has 1 aromatic rings. The molecule has 5 rings (SSSR count). The summed E-state index contributed by atoms with van der Waals surface area (Å²) in [5.74, 6) is 4.43. The van der Waals surface area contributed by atoms with Gasteiger partial charge in [0.05, 0.1) is 0 Å². The minimum Gasteiger partial charge on any atom is -0.465 e. The number of carbonyl (C=O) groups is 1. The Morgan fingerprint density at radius 3 is 2.50 bits per heavy atom. The van der Waals surface area contributed by atoms with Crippen molar-refractivity contribution in [3.8, 4) is 0 Å². The first-order chi connectivity index (χ1) is 12.2. The molecule has 2 aliphatic heterocycles. The highest BCUT2D eigenvalue weighted by atomic mass is 35.5. The van der Waals surface area contributed by atoms with Crippen LogP contribution in [0.15, 0.2) is 16.5 Å². The number of nitrogens with zero attached hydrogens (tertiary/aromatic N) is 2. The Morgan fingerprint density at radius 2 is 1.81 bits per heavy atom. The predicted molar refractivity (Wildman–Crippen MR) is 103 cm³/mol. The number of hydrogen-bond donors (Lipinski definition) is 1. The molecule has 6 heteroatoms. The molecule has 2 saturated carbocycles. The van der Waals surface area contributed by atoms with E-state index in [4.69, 9.17) is 4.42 Å². The van der Waals surface area contributed by atoms with E-state index in [9.17, 15) is 4.79 Å². The van der Waals surface area contributed by atoms with Crippen molar-refractivity contribution in [1.29, 1.82) is 0 Å². The zero-order valence-corrected chi connectivity index (χ0v) is 16.3. The van der Waals surface area contributed by atoms with Crippen LogP contribution in [0.25, 0.3) is 0 Å². The minimum absolute atomic E-state index is 0. The summed E-state index contributed by atoms with van der Waals surface area (Å²) in [5, 5.41) is 3.41. The number of piperazine rings is 1. The molecule has 2 aliphatic carbocycles. The number of furan rings is 1. The molecule has 5 atom stereocenters. The first kappa shape index (κ1) is 18.3. The molecule has 5 unspecified atom stereocenters. The fourth-order valence-electron chi connectivity index (χ4n) is 4.79. The SMILES string of the molecule is CC1CC1c1ccc(C2CC2C(=O)N2CCC(N3CCNCC3)C2)o1.Cl. The van der Waals surface area contributed by atoms with Crippen molar-refractivity contribution in [2.45, 2.75) is 44.1 Å². The van der Waals surface area contributed by atoms with Gasteiger partial charge in [0.2, 0.25) is 5.91 Å². The van der Waals surface area contributed by atoms with Gasteiger partial charge in [-0.3, -0.25) is 9.69 Å². The van der Waals surface area contributed by atoms with Gasteiger partial charge in [-0.25, -0.2) is 0 Å². The number of hydrogen-bond acceptors (Lipinski definition) is 4. The molecule has 4 fully saturated rings. The van der Waals surface area contributed by atoms with Crippen LogP contribution < -0.4 is 5.32 Å². The highest BCUT2D eigenvalue weighted by Gasteiger charge is 2.49. The minimum atomic E-state index is 0. The molecule has 4 aliphatic rings. The zero-order chi connectivity index (χ0) is 17.0. The average molecular weight is 380 g/mol. The van der Waals surface area contributed by atoms with Crippen molar-refractivity contribution in [1.82, 2.24) is 15.1 Å². The normalized spacial score (nSPS) is 36.7. The van der Waals surface area contributed by atoms with Gasteiger partial charge in [0.15, 0.2) is 0 Å². The lowest BCUT2D eigenvalue weighted by Gasteiger charge is -2.32. The summed E-state index contributed by atoms with van der Waals surface area (Å²) in [6.07, 6.45) is 3.36. The summed E-state index contributed by atoms with van der Waals surface area (Å²) < 4.78 is 6.08. The fraction of sp³-hybridized carbons (Fsp3) is 0.750. The lowest BCUT2D eigenvalue weighted by Crippen LogP contribution is -2.49. The Hall–Kier alpha value is -1.04. The first-order valence-electron chi connectivity index (χ1n) is 10.0. The lowest BCUT2D eigenvalue weighted by molar-refractivity contribution is -0.131. The van der Waals surface area contributed by atoms with Gasteiger partial charge >= 0.3 is 0 Å². The van der Waals surface area contributed by atoms with Crippen LogP contribution in [0.4, 0.5) is 0 Å². The Morgan fingerprint density at radius 1 is 1.12 bits per heavy atom. The van der Waals surface area contributed by atoms with Gasteiger partial charge < -0.3 is 14.6 Å². The van der Waals surface area contributed by atoms with Crippen LogP contribution in [0.2, 0.25) is 0 Å². The van der Waals surface area contributed by atoms with Crippen LogP contribution in [-0.4, -0.2) is 61.0 Å². The topological polar surface area (TPSA) is 48.7 Å². The van der Waals surface area contributed by atoms with Gasteiger partial charge in [-0.1, -0.05) is 6.92 Å². The maximum Gasteiger partial charge on any atom is 0.226 e. The molecule has 0 aromatic carbocycles. The van der Waals surface area contributed by atoms with E-state index < -0.39 is 0 Å². The number of likely N-dealkylation sites (tertiary alicyclic amines) is 1. The van der Waals surface area contributed by atoms with Crippen molar-refractivity contribution >= 4 is 18.3 Å². The summed E-state index contributed by atoms with van der Waals surface area (Å²) in [5.41, 5.74) is 0. The molecule has 1 aromatic heterocycles. The second kappa shape index (κ2) is 7.17. The van der Waals surface area contributed by atoms with Crippen LogP contribution in [0.3, 0.4) is 0 Å². The molecule has 1 N–H and O–H groups in total. The maximum absolute atomic E-state index is 12.9. The molecule has 5 nitrogen and oxygen atoms in total. The number of carbonyl (C=O) groups excluding carboxylic acids is 1. The standard InChI is InChI=1S/C20H29N3O2.ClH/c1-13-10-15(13)18-2-3-19(25-18)16-11-17(16)20(24)23-7-4-14(12-23)22-8-5-21-6-9-22;/h2-3,13-17,21H,4-12H2,1H3;1H. The number of amides is 1. The molecule has 3 heterocycles. The van der Waals surface area contributed by atoms with Crippen LogP contribution in [0.1, 0.15) is 49.5 Å². The fourth-order valence-corrected chi connectivity index (χ4v) is 4.79. The van der Waals surface area contributed by atoms with E-state index in [1.54, 1.807) is 0 Å². The smallest absolute Gasteiger partial charge is 0.226 e. The summed E-state index contributed by atoms with van der Waals surface area (Å²) in [7, 11) is 0. The van der Waals surface area contributed by atoms with Gasteiger partial charge in [-0.15, -0.1) is 12.4 Å². The summed E-state index contributed by atoms with van der Waals surface area (Å²) in [4.78, 5) is 17.6. The van der Waals surface area contributed by atoms with E-state index in [1.165, 1.54) is 6.42 Å². The van der Waals surface area contributed by atoms with E-state index in [2.05, 4.69) is 34.2 Å². The third-order valence-corrected chi connectivity index (χ3v) is 6.74. The molecule has 0 bridgehead atoms. The molecule has 0 radical (unpaired) electrons. The molecule has 26 heavy (non-hydrogen) atoms. The van der Waals surface area contributed by atoms with Crippen LogP contribution in [0.5, 0.6) is 0 Å². The number of rotatable bonds is 4. The van der Waals surface area contributed by atoms with Crippen molar-refractivity contribution in [3.05, 3.63) is 23.7 Å². The zero-order valence-electron chi connectivity index (χ0n) is 15.5. The third-order valence-electron chi connectivity index (χ3n) is 6.74. The van der Waals surface area contributed by atoms with E-state index in [-0.39, 0.29) is 18.3 Å². The Kier molecular flexibility index (Phi) is 5.06. The van der Waals surface area contributed by atoms with Crippen LogP contribution in [0, 0.1) is 11.8 Å². The van der Waals surface area contributed by atoms with Crippen molar-refractivity contribution < 1.29 is 9.21 Å². The monoisotopic (exact) mass is 379 g/mol. The second-order valence-corrected chi connectivity index (χ2v) is 8.52. The van der Waals surface area contributed by atoms with Crippen molar-refractivity contribution in [3.63, 3.8) is 0 Å². The summed E-state index contributed by atoms with van der Waals surface area (Å²) >= 11 is 0. The van der Waals surface area contributed by atoms with E-state index in [0.717, 1.165) is 69.5 Å². The Bertz CT molecular complexity index is 657. The molecular formula is C20H30ClN3O2.